The van der Waals surface area contributed by atoms with Gasteiger partial charge in [-0.15, -0.1) is 0 Å². The van der Waals surface area contributed by atoms with Crippen molar-refractivity contribution in [1.29, 1.82) is 0 Å². The summed E-state index contributed by atoms with van der Waals surface area (Å²) in [6.45, 7) is 6.82. The predicted molar refractivity (Wildman–Crippen MR) is 74.1 cm³/mol. The van der Waals surface area contributed by atoms with Crippen LogP contribution >= 0.6 is 0 Å². The molecule has 1 nitrogen and oxygen atoms in total. The largest absolute Gasteiger partial charge is 0.307 e. The first-order valence-electron chi connectivity index (χ1n) is 7.02. The Kier molecular flexibility index (Phi) is 4.22. The molecule has 0 spiro atoms. The van der Waals surface area contributed by atoms with Gasteiger partial charge in [-0.05, 0) is 50.2 Å². The molecule has 3 atom stereocenters. The van der Waals surface area contributed by atoms with Crippen molar-refractivity contribution in [2.45, 2.75) is 58.5 Å². The van der Waals surface area contributed by atoms with E-state index in [1.54, 1.807) is 0 Å². The van der Waals surface area contributed by atoms with Gasteiger partial charge in [-0.2, -0.15) is 0 Å². The van der Waals surface area contributed by atoms with Crippen LogP contribution < -0.4 is 5.32 Å². The third kappa shape index (κ3) is 3.10. The van der Waals surface area contributed by atoms with E-state index in [-0.39, 0.29) is 0 Å². The highest BCUT2D eigenvalue weighted by atomic mass is 14.9. The second-order valence-corrected chi connectivity index (χ2v) is 5.53. The van der Waals surface area contributed by atoms with E-state index in [0.29, 0.717) is 6.04 Å². The van der Waals surface area contributed by atoms with Crippen molar-refractivity contribution in [2.75, 3.05) is 0 Å². The predicted octanol–water partition coefficient (Wildman–Crippen LogP) is 4.22. The first kappa shape index (κ1) is 12.6. The molecule has 1 aromatic carbocycles. The Balaban J connectivity index is 1.94. The molecule has 1 fully saturated rings. The lowest BCUT2D eigenvalue weighted by Gasteiger charge is -2.21. The molecule has 0 aliphatic heterocycles. The highest BCUT2D eigenvalue weighted by molar-refractivity contribution is 5.28. The number of nitrogens with one attached hydrogen (secondary N) is 1. The van der Waals surface area contributed by atoms with Gasteiger partial charge in [0.25, 0.3) is 0 Å². The van der Waals surface area contributed by atoms with Crippen LogP contribution in [0.25, 0.3) is 0 Å². The molecule has 1 aliphatic carbocycles. The molecule has 0 amide bonds. The summed E-state index contributed by atoms with van der Waals surface area (Å²) in [5.74, 6) is 0.955. The van der Waals surface area contributed by atoms with Crippen molar-refractivity contribution in [3.63, 3.8) is 0 Å². The van der Waals surface area contributed by atoms with Gasteiger partial charge < -0.3 is 5.32 Å². The lowest BCUT2D eigenvalue weighted by molar-refractivity contribution is 0.437. The smallest absolute Gasteiger partial charge is 0.0296 e. The number of rotatable bonds is 4. The standard InChI is InChI=1S/C16H25N/c1-4-14-9-10-15(11-14)17-13(3)16-8-6-5-7-12(16)2/h5-8,13-15,17H,4,9-11H2,1-3H3/t13-,14?,15?/m1/s1. The first-order valence-corrected chi connectivity index (χ1v) is 7.02. The van der Waals surface area contributed by atoms with Gasteiger partial charge in [-0.3, -0.25) is 0 Å². The summed E-state index contributed by atoms with van der Waals surface area (Å²) in [6, 6.07) is 9.93. The molecule has 0 radical (unpaired) electrons. The van der Waals surface area contributed by atoms with Crippen LogP contribution in [0.4, 0.5) is 0 Å². The summed E-state index contributed by atoms with van der Waals surface area (Å²) in [5.41, 5.74) is 2.85. The van der Waals surface area contributed by atoms with Crippen LogP contribution in [-0.4, -0.2) is 6.04 Å². The maximum atomic E-state index is 3.80. The Morgan fingerprint density at radius 1 is 1.29 bits per heavy atom. The molecule has 0 bridgehead atoms. The van der Waals surface area contributed by atoms with Crippen molar-refractivity contribution in [2.24, 2.45) is 5.92 Å². The van der Waals surface area contributed by atoms with Crippen molar-refractivity contribution < 1.29 is 0 Å². The van der Waals surface area contributed by atoms with Crippen LogP contribution in [0, 0.1) is 12.8 Å². The molecule has 94 valence electrons. The lowest BCUT2D eigenvalue weighted by Crippen LogP contribution is -2.29. The Morgan fingerprint density at radius 3 is 2.71 bits per heavy atom. The van der Waals surface area contributed by atoms with Crippen LogP contribution in [0.3, 0.4) is 0 Å². The number of hydrogen-bond donors (Lipinski definition) is 1. The summed E-state index contributed by atoms with van der Waals surface area (Å²) in [4.78, 5) is 0. The van der Waals surface area contributed by atoms with E-state index in [4.69, 9.17) is 0 Å². The fraction of sp³-hybridized carbons (Fsp3) is 0.625. The zero-order valence-corrected chi connectivity index (χ0v) is 11.4. The highest BCUT2D eigenvalue weighted by Crippen LogP contribution is 2.29. The van der Waals surface area contributed by atoms with Crippen LogP contribution in [-0.2, 0) is 0 Å². The van der Waals surface area contributed by atoms with Crippen molar-refractivity contribution in [1.82, 2.24) is 5.32 Å². The second kappa shape index (κ2) is 5.68. The zero-order chi connectivity index (χ0) is 12.3. The van der Waals surface area contributed by atoms with Crippen LogP contribution in [0.15, 0.2) is 24.3 Å². The Labute approximate surface area is 106 Å². The maximum Gasteiger partial charge on any atom is 0.0296 e. The molecule has 1 saturated carbocycles. The molecule has 2 unspecified atom stereocenters. The Morgan fingerprint density at radius 2 is 2.06 bits per heavy atom. The molecule has 1 heteroatoms. The van der Waals surface area contributed by atoms with E-state index in [1.165, 1.54) is 36.8 Å². The summed E-state index contributed by atoms with van der Waals surface area (Å²) in [7, 11) is 0. The van der Waals surface area contributed by atoms with E-state index in [1.807, 2.05) is 0 Å². The van der Waals surface area contributed by atoms with Crippen LogP contribution in [0.5, 0.6) is 0 Å². The third-order valence-corrected chi connectivity index (χ3v) is 4.26. The first-order chi connectivity index (χ1) is 8.20. The van der Waals surface area contributed by atoms with Gasteiger partial charge >= 0.3 is 0 Å². The lowest BCUT2D eigenvalue weighted by atomic mass is 10.0. The van der Waals surface area contributed by atoms with E-state index in [0.717, 1.165) is 12.0 Å². The average molecular weight is 231 g/mol. The highest BCUT2D eigenvalue weighted by Gasteiger charge is 2.24. The summed E-state index contributed by atoms with van der Waals surface area (Å²) < 4.78 is 0. The van der Waals surface area contributed by atoms with Gasteiger partial charge in [0, 0.05) is 12.1 Å². The quantitative estimate of drug-likeness (QED) is 0.818. The number of benzene rings is 1. The van der Waals surface area contributed by atoms with E-state index in [9.17, 15) is 0 Å². The van der Waals surface area contributed by atoms with E-state index < -0.39 is 0 Å². The molecule has 1 N–H and O–H groups in total. The fourth-order valence-corrected chi connectivity index (χ4v) is 3.11. The number of hydrogen-bond acceptors (Lipinski definition) is 1. The Hall–Kier alpha value is -0.820. The molecule has 17 heavy (non-hydrogen) atoms. The minimum atomic E-state index is 0.483. The topological polar surface area (TPSA) is 12.0 Å². The summed E-state index contributed by atoms with van der Waals surface area (Å²) in [5, 5.41) is 3.80. The Bertz CT molecular complexity index is 358. The second-order valence-electron chi connectivity index (χ2n) is 5.53. The fourth-order valence-electron chi connectivity index (χ4n) is 3.11. The minimum absolute atomic E-state index is 0.483. The normalized spacial score (nSPS) is 26.1. The van der Waals surface area contributed by atoms with Gasteiger partial charge in [-0.25, -0.2) is 0 Å². The molecular weight excluding hydrogens is 206 g/mol. The van der Waals surface area contributed by atoms with Gasteiger partial charge in [0.15, 0.2) is 0 Å². The van der Waals surface area contributed by atoms with Gasteiger partial charge in [0.05, 0.1) is 0 Å². The molecule has 1 aromatic rings. The number of aryl methyl sites for hydroxylation is 1. The maximum absolute atomic E-state index is 3.80. The van der Waals surface area contributed by atoms with Gasteiger partial charge in [-0.1, -0.05) is 37.6 Å². The molecule has 0 heterocycles. The summed E-state index contributed by atoms with van der Waals surface area (Å²) in [6.07, 6.45) is 5.48. The van der Waals surface area contributed by atoms with E-state index >= 15 is 0 Å². The molecule has 0 saturated heterocycles. The molecule has 0 aromatic heterocycles. The van der Waals surface area contributed by atoms with Crippen molar-refractivity contribution in [3.05, 3.63) is 35.4 Å². The molecular formula is C16H25N. The average Bonchev–Trinajstić information content (AvgIpc) is 2.77. The van der Waals surface area contributed by atoms with Gasteiger partial charge in [0.2, 0.25) is 0 Å². The van der Waals surface area contributed by atoms with E-state index in [2.05, 4.69) is 50.4 Å². The van der Waals surface area contributed by atoms with Crippen molar-refractivity contribution in [3.8, 4) is 0 Å². The monoisotopic (exact) mass is 231 g/mol. The minimum Gasteiger partial charge on any atom is -0.307 e. The van der Waals surface area contributed by atoms with Gasteiger partial charge in [0.1, 0.15) is 0 Å². The SMILES string of the molecule is CCC1CCC(N[C@H](C)c2ccccc2C)C1. The van der Waals surface area contributed by atoms with Crippen molar-refractivity contribution >= 4 is 0 Å². The molecule has 2 rings (SSSR count). The third-order valence-electron chi connectivity index (χ3n) is 4.26. The zero-order valence-electron chi connectivity index (χ0n) is 11.4. The van der Waals surface area contributed by atoms with Crippen LogP contribution in [0.1, 0.15) is 56.7 Å². The summed E-state index contributed by atoms with van der Waals surface area (Å²) >= 11 is 0. The van der Waals surface area contributed by atoms with Crippen LogP contribution in [0.2, 0.25) is 0 Å². The molecule has 1 aliphatic rings.